The highest BCUT2D eigenvalue weighted by Gasteiger charge is 2.57. The predicted octanol–water partition coefficient (Wildman–Crippen LogP) is 2.05. The summed E-state index contributed by atoms with van der Waals surface area (Å²) in [5.41, 5.74) is 0.419. The Kier molecular flexibility index (Phi) is 3.76. The van der Waals surface area contributed by atoms with E-state index < -0.39 is 17.6 Å². The van der Waals surface area contributed by atoms with Crippen molar-refractivity contribution in [2.24, 2.45) is 5.41 Å². The van der Waals surface area contributed by atoms with Gasteiger partial charge >= 0.3 is 5.97 Å². The van der Waals surface area contributed by atoms with Crippen LogP contribution in [0.25, 0.3) is 0 Å². The van der Waals surface area contributed by atoms with Crippen molar-refractivity contribution in [3.8, 4) is 0 Å². The van der Waals surface area contributed by atoms with Gasteiger partial charge in [0, 0.05) is 0 Å². The molecular formula is C16H20O4. The van der Waals surface area contributed by atoms with Crippen LogP contribution in [-0.4, -0.2) is 29.9 Å². The molecule has 0 amide bonds. The zero-order valence-electron chi connectivity index (χ0n) is 11.5. The van der Waals surface area contributed by atoms with Crippen LogP contribution in [0.15, 0.2) is 30.3 Å². The van der Waals surface area contributed by atoms with Crippen LogP contribution >= 0.6 is 0 Å². The number of carbonyl (C=O) groups is 1. The Morgan fingerprint density at radius 3 is 2.65 bits per heavy atom. The Morgan fingerprint density at radius 2 is 1.95 bits per heavy atom. The van der Waals surface area contributed by atoms with Crippen molar-refractivity contribution in [3.05, 3.63) is 35.9 Å². The summed E-state index contributed by atoms with van der Waals surface area (Å²) in [4.78, 5) is 12.0. The Bertz CT molecular complexity index is 465. The average Bonchev–Trinajstić information content (AvgIpc) is 3.04. The summed E-state index contributed by atoms with van der Waals surface area (Å²) in [6.07, 6.45) is 2.20. The van der Waals surface area contributed by atoms with Gasteiger partial charge in [-0.3, -0.25) is 4.79 Å². The summed E-state index contributed by atoms with van der Waals surface area (Å²) in [5, 5.41) is 10.4. The SMILES string of the molecule is O=C1O[C@H](COCc2ccccc2)[C@@H](O)C12CCCC2. The molecule has 1 aliphatic carbocycles. The number of esters is 1. The Labute approximate surface area is 118 Å². The van der Waals surface area contributed by atoms with E-state index >= 15 is 0 Å². The standard InChI is InChI=1S/C16H20O4/c17-14-13(11-19-10-12-6-2-1-3-7-12)20-15(18)16(14)8-4-5-9-16/h1-3,6-7,13-14,17H,4-5,8-11H2/t13-,14-/m1/s1. The molecule has 1 N–H and O–H groups in total. The maximum atomic E-state index is 12.0. The van der Waals surface area contributed by atoms with Gasteiger partial charge in [0.05, 0.1) is 18.6 Å². The molecular weight excluding hydrogens is 256 g/mol. The lowest BCUT2D eigenvalue weighted by atomic mass is 9.80. The molecule has 4 nitrogen and oxygen atoms in total. The molecule has 0 aromatic heterocycles. The van der Waals surface area contributed by atoms with E-state index in [-0.39, 0.29) is 12.6 Å². The Morgan fingerprint density at radius 1 is 1.25 bits per heavy atom. The van der Waals surface area contributed by atoms with Crippen molar-refractivity contribution in [2.75, 3.05) is 6.61 Å². The summed E-state index contributed by atoms with van der Waals surface area (Å²) in [5.74, 6) is -0.240. The van der Waals surface area contributed by atoms with Gasteiger partial charge in [-0.15, -0.1) is 0 Å². The molecule has 1 spiro atoms. The molecule has 1 aliphatic heterocycles. The van der Waals surface area contributed by atoms with Crippen LogP contribution in [0, 0.1) is 5.41 Å². The Hall–Kier alpha value is -1.39. The third kappa shape index (κ3) is 2.34. The molecule has 0 bridgehead atoms. The third-order valence-electron chi connectivity index (χ3n) is 4.47. The third-order valence-corrected chi connectivity index (χ3v) is 4.47. The van der Waals surface area contributed by atoms with Crippen molar-refractivity contribution < 1.29 is 19.4 Å². The van der Waals surface area contributed by atoms with Crippen LogP contribution < -0.4 is 0 Å². The lowest BCUT2D eigenvalue weighted by Gasteiger charge is -2.23. The molecule has 2 fully saturated rings. The van der Waals surface area contributed by atoms with Crippen LogP contribution in [0.1, 0.15) is 31.2 Å². The summed E-state index contributed by atoms with van der Waals surface area (Å²) in [6.45, 7) is 0.720. The highest BCUT2D eigenvalue weighted by atomic mass is 16.6. The number of aliphatic hydroxyl groups is 1. The van der Waals surface area contributed by atoms with Gasteiger partial charge < -0.3 is 14.6 Å². The molecule has 108 valence electrons. The van der Waals surface area contributed by atoms with E-state index in [4.69, 9.17) is 9.47 Å². The molecule has 3 rings (SSSR count). The van der Waals surface area contributed by atoms with E-state index in [1.807, 2.05) is 30.3 Å². The van der Waals surface area contributed by atoms with Gasteiger partial charge in [-0.1, -0.05) is 43.2 Å². The van der Waals surface area contributed by atoms with Crippen molar-refractivity contribution in [3.63, 3.8) is 0 Å². The molecule has 0 unspecified atom stereocenters. The smallest absolute Gasteiger partial charge is 0.315 e. The second-order valence-corrected chi connectivity index (χ2v) is 5.75. The first-order valence-electron chi connectivity index (χ1n) is 7.23. The van der Waals surface area contributed by atoms with Crippen molar-refractivity contribution in [2.45, 2.75) is 44.5 Å². The van der Waals surface area contributed by atoms with Crippen LogP contribution in [0.5, 0.6) is 0 Å². The van der Waals surface area contributed by atoms with E-state index in [1.165, 1.54) is 0 Å². The number of hydrogen-bond acceptors (Lipinski definition) is 4. The van der Waals surface area contributed by atoms with Crippen LogP contribution in [0.3, 0.4) is 0 Å². The van der Waals surface area contributed by atoms with Crippen molar-refractivity contribution >= 4 is 5.97 Å². The van der Waals surface area contributed by atoms with Gasteiger partial charge in [0.1, 0.15) is 6.10 Å². The second kappa shape index (κ2) is 5.54. The van der Waals surface area contributed by atoms with Gasteiger partial charge in [0.15, 0.2) is 6.10 Å². The summed E-state index contributed by atoms with van der Waals surface area (Å²) in [7, 11) is 0. The first-order valence-corrected chi connectivity index (χ1v) is 7.23. The van der Waals surface area contributed by atoms with Gasteiger partial charge in [0.25, 0.3) is 0 Å². The van der Waals surface area contributed by atoms with Gasteiger partial charge in [-0.05, 0) is 18.4 Å². The quantitative estimate of drug-likeness (QED) is 0.855. The highest BCUT2D eigenvalue weighted by Crippen LogP contribution is 2.47. The average molecular weight is 276 g/mol. The fourth-order valence-electron chi connectivity index (χ4n) is 3.29. The van der Waals surface area contributed by atoms with Gasteiger partial charge in [-0.2, -0.15) is 0 Å². The molecule has 1 heterocycles. The maximum absolute atomic E-state index is 12.0. The fourth-order valence-corrected chi connectivity index (χ4v) is 3.29. The zero-order valence-corrected chi connectivity index (χ0v) is 11.5. The minimum Gasteiger partial charge on any atom is -0.457 e. The molecule has 1 aromatic rings. The number of benzene rings is 1. The number of ether oxygens (including phenoxy) is 2. The van der Waals surface area contributed by atoms with Gasteiger partial charge in [-0.25, -0.2) is 0 Å². The summed E-state index contributed by atoms with van der Waals surface area (Å²) in [6, 6.07) is 9.83. The van der Waals surface area contributed by atoms with E-state index in [0.717, 1.165) is 31.2 Å². The number of carbonyl (C=O) groups excluding carboxylic acids is 1. The molecule has 1 saturated carbocycles. The summed E-state index contributed by atoms with van der Waals surface area (Å²) >= 11 is 0. The minimum atomic E-state index is -0.728. The monoisotopic (exact) mass is 276 g/mol. The first-order chi connectivity index (χ1) is 9.72. The lowest BCUT2D eigenvalue weighted by molar-refractivity contribution is -0.150. The molecule has 1 saturated heterocycles. The first kappa shape index (κ1) is 13.6. The van der Waals surface area contributed by atoms with Crippen molar-refractivity contribution in [1.82, 2.24) is 0 Å². The number of rotatable bonds is 4. The van der Waals surface area contributed by atoms with Crippen LogP contribution in [0.4, 0.5) is 0 Å². The van der Waals surface area contributed by atoms with Gasteiger partial charge in [0.2, 0.25) is 0 Å². The van der Waals surface area contributed by atoms with E-state index in [0.29, 0.717) is 6.61 Å². The largest absolute Gasteiger partial charge is 0.457 e. The molecule has 0 radical (unpaired) electrons. The summed E-state index contributed by atoms with van der Waals surface area (Å²) < 4.78 is 10.9. The van der Waals surface area contributed by atoms with E-state index in [9.17, 15) is 9.90 Å². The van der Waals surface area contributed by atoms with Crippen LogP contribution in [-0.2, 0) is 20.9 Å². The van der Waals surface area contributed by atoms with Crippen LogP contribution in [0.2, 0.25) is 0 Å². The topological polar surface area (TPSA) is 55.8 Å². The molecule has 2 atom stereocenters. The highest BCUT2D eigenvalue weighted by molar-refractivity contribution is 5.80. The van der Waals surface area contributed by atoms with Crippen molar-refractivity contribution in [1.29, 1.82) is 0 Å². The molecule has 4 heteroatoms. The lowest BCUT2D eigenvalue weighted by Crippen LogP contribution is -2.38. The van der Waals surface area contributed by atoms with E-state index in [1.54, 1.807) is 0 Å². The normalized spacial score (nSPS) is 27.9. The molecule has 20 heavy (non-hydrogen) atoms. The maximum Gasteiger partial charge on any atom is 0.315 e. The predicted molar refractivity (Wildman–Crippen MR) is 72.9 cm³/mol. The zero-order chi connectivity index (χ0) is 14.0. The Balaban J connectivity index is 1.55. The second-order valence-electron chi connectivity index (χ2n) is 5.75. The van der Waals surface area contributed by atoms with E-state index in [2.05, 4.69) is 0 Å². The number of hydrogen-bond donors (Lipinski definition) is 1. The number of cyclic esters (lactones) is 1. The molecule has 1 aromatic carbocycles. The fraction of sp³-hybridized carbons (Fsp3) is 0.562. The molecule has 2 aliphatic rings. The number of aliphatic hydroxyl groups excluding tert-OH is 1. The minimum absolute atomic E-state index is 0.240.